The number of nitrogens with zero attached hydrogens (tertiary/aromatic N) is 2. The minimum atomic E-state index is 1.07. The number of nitrogens with two attached hydrogens (primary N) is 1. The molecule has 1 aromatic rings. The molecular weight excluding hydrogens is 186 g/mol. The first-order valence-corrected chi connectivity index (χ1v) is 5.64. The Balaban J connectivity index is 2.05. The van der Waals surface area contributed by atoms with Crippen LogP contribution in [0.1, 0.15) is 24.8 Å². The number of rotatable bonds is 2. The molecule has 1 aliphatic rings. The average Bonchev–Trinajstić information content (AvgIpc) is 2.30. The van der Waals surface area contributed by atoms with E-state index in [1.807, 2.05) is 0 Å². The van der Waals surface area contributed by atoms with Gasteiger partial charge in [0, 0.05) is 13.1 Å². The van der Waals surface area contributed by atoms with Gasteiger partial charge in [0.2, 0.25) is 0 Å². The standard InChI is InChI=1S/C12H19N3/c1-11-5-7-12(8-6-11)15(13)14-9-3-2-4-10-14/h5-8H,2-4,9-10,13H2,1H3. The average molecular weight is 205 g/mol. The Labute approximate surface area is 91.4 Å². The Morgan fingerprint density at radius 2 is 1.67 bits per heavy atom. The number of hydrazine groups is 2. The minimum absolute atomic E-state index is 1.07. The Hall–Kier alpha value is -1.06. The highest BCUT2D eigenvalue weighted by atomic mass is 15.7. The van der Waals surface area contributed by atoms with Crippen molar-refractivity contribution in [2.45, 2.75) is 26.2 Å². The highest BCUT2D eigenvalue weighted by Crippen LogP contribution is 2.17. The van der Waals surface area contributed by atoms with Gasteiger partial charge in [0.1, 0.15) is 0 Å². The number of benzene rings is 1. The van der Waals surface area contributed by atoms with Crippen LogP contribution < -0.4 is 11.0 Å². The summed E-state index contributed by atoms with van der Waals surface area (Å²) in [7, 11) is 0. The minimum Gasteiger partial charge on any atom is -0.242 e. The van der Waals surface area contributed by atoms with E-state index in [2.05, 4.69) is 36.2 Å². The van der Waals surface area contributed by atoms with Crippen molar-refractivity contribution < 1.29 is 0 Å². The van der Waals surface area contributed by atoms with Crippen LogP contribution in [0.3, 0.4) is 0 Å². The zero-order chi connectivity index (χ0) is 10.7. The van der Waals surface area contributed by atoms with Crippen molar-refractivity contribution in [2.75, 3.05) is 18.2 Å². The lowest BCUT2D eigenvalue weighted by atomic mass is 10.1. The summed E-state index contributed by atoms with van der Waals surface area (Å²) in [6, 6.07) is 8.34. The van der Waals surface area contributed by atoms with Gasteiger partial charge in [0.15, 0.2) is 0 Å². The third-order valence-electron chi connectivity index (χ3n) is 2.94. The van der Waals surface area contributed by atoms with Gasteiger partial charge in [-0.25, -0.2) is 16.0 Å². The van der Waals surface area contributed by atoms with Crippen LogP contribution in [-0.4, -0.2) is 18.1 Å². The first-order valence-electron chi connectivity index (χ1n) is 5.64. The highest BCUT2D eigenvalue weighted by molar-refractivity contribution is 5.44. The van der Waals surface area contributed by atoms with Gasteiger partial charge in [-0.15, -0.1) is 0 Å². The second kappa shape index (κ2) is 4.64. The predicted molar refractivity (Wildman–Crippen MR) is 63.3 cm³/mol. The first-order chi connectivity index (χ1) is 7.27. The van der Waals surface area contributed by atoms with E-state index in [0.717, 1.165) is 18.8 Å². The second-order valence-electron chi connectivity index (χ2n) is 4.19. The van der Waals surface area contributed by atoms with E-state index in [1.165, 1.54) is 24.8 Å². The van der Waals surface area contributed by atoms with Crippen LogP contribution in [0.25, 0.3) is 0 Å². The first kappa shape index (κ1) is 10.5. The van der Waals surface area contributed by atoms with Crippen LogP contribution >= 0.6 is 0 Å². The summed E-state index contributed by atoms with van der Waals surface area (Å²) in [5.41, 5.74) is 2.34. The Morgan fingerprint density at radius 1 is 1.07 bits per heavy atom. The van der Waals surface area contributed by atoms with Gasteiger partial charge in [0.25, 0.3) is 0 Å². The van der Waals surface area contributed by atoms with Gasteiger partial charge < -0.3 is 0 Å². The van der Waals surface area contributed by atoms with Crippen LogP contribution in [0.2, 0.25) is 0 Å². The van der Waals surface area contributed by atoms with E-state index in [9.17, 15) is 0 Å². The fraction of sp³-hybridized carbons (Fsp3) is 0.500. The molecule has 0 unspecified atom stereocenters. The second-order valence-corrected chi connectivity index (χ2v) is 4.19. The number of aryl methyl sites for hydroxylation is 1. The zero-order valence-corrected chi connectivity index (χ0v) is 9.32. The summed E-state index contributed by atoms with van der Waals surface area (Å²) in [4.78, 5) is 0. The number of piperidine rings is 1. The number of anilines is 1. The maximum atomic E-state index is 6.08. The van der Waals surface area contributed by atoms with Crippen LogP contribution in [0.15, 0.2) is 24.3 Å². The third-order valence-corrected chi connectivity index (χ3v) is 2.94. The molecule has 1 aliphatic heterocycles. The third kappa shape index (κ3) is 2.49. The maximum Gasteiger partial charge on any atom is 0.0702 e. The molecule has 0 bridgehead atoms. The van der Waals surface area contributed by atoms with Gasteiger partial charge in [-0.3, -0.25) is 0 Å². The maximum absolute atomic E-state index is 6.08. The summed E-state index contributed by atoms with van der Waals surface area (Å²) in [5, 5.41) is 4.01. The molecule has 0 saturated carbocycles. The normalized spacial score (nSPS) is 17.7. The largest absolute Gasteiger partial charge is 0.242 e. The van der Waals surface area contributed by atoms with E-state index in [1.54, 1.807) is 5.12 Å². The van der Waals surface area contributed by atoms with Gasteiger partial charge in [0.05, 0.1) is 5.69 Å². The van der Waals surface area contributed by atoms with Crippen LogP contribution in [0, 0.1) is 6.92 Å². The molecule has 1 aromatic carbocycles. The summed E-state index contributed by atoms with van der Waals surface area (Å²) in [6.07, 6.45) is 3.83. The molecule has 3 heteroatoms. The topological polar surface area (TPSA) is 32.5 Å². The van der Waals surface area contributed by atoms with E-state index in [0.29, 0.717) is 0 Å². The van der Waals surface area contributed by atoms with Crippen molar-refractivity contribution in [3.05, 3.63) is 29.8 Å². The van der Waals surface area contributed by atoms with E-state index in [4.69, 9.17) is 5.84 Å². The van der Waals surface area contributed by atoms with Crippen molar-refractivity contribution in [3.63, 3.8) is 0 Å². The Bertz CT molecular complexity index is 301. The van der Waals surface area contributed by atoms with Crippen molar-refractivity contribution in [1.82, 2.24) is 5.01 Å². The van der Waals surface area contributed by atoms with Crippen LogP contribution in [-0.2, 0) is 0 Å². The van der Waals surface area contributed by atoms with Gasteiger partial charge >= 0.3 is 0 Å². The molecule has 2 rings (SSSR count). The molecule has 0 aliphatic carbocycles. The fourth-order valence-corrected chi connectivity index (χ4v) is 1.95. The summed E-state index contributed by atoms with van der Waals surface area (Å²) < 4.78 is 0. The predicted octanol–water partition coefficient (Wildman–Crippen LogP) is 2.08. The Morgan fingerprint density at radius 3 is 2.27 bits per heavy atom. The lowest BCUT2D eigenvalue weighted by Crippen LogP contribution is -2.50. The lowest BCUT2D eigenvalue weighted by molar-refractivity contribution is 0.209. The molecule has 0 aromatic heterocycles. The molecule has 0 amide bonds. The molecular formula is C12H19N3. The molecule has 1 heterocycles. The quantitative estimate of drug-likeness (QED) is 0.592. The summed E-state index contributed by atoms with van der Waals surface area (Å²) >= 11 is 0. The van der Waals surface area contributed by atoms with E-state index >= 15 is 0 Å². The summed E-state index contributed by atoms with van der Waals surface area (Å²) in [6.45, 7) is 4.24. The number of hydrogen-bond acceptors (Lipinski definition) is 3. The fourth-order valence-electron chi connectivity index (χ4n) is 1.95. The van der Waals surface area contributed by atoms with Crippen molar-refractivity contribution >= 4 is 5.69 Å². The summed E-state index contributed by atoms with van der Waals surface area (Å²) in [5.74, 6) is 6.08. The zero-order valence-electron chi connectivity index (χ0n) is 9.32. The number of hydrogen-bond donors (Lipinski definition) is 1. The molecule has 0 radical (unpaired) electrons. The molecule has 1 saturated heterocycles. The molecule has 0 atom stereocenters. The van der Waals surface area contributed by atoms with E-state index < -0.39 is 0 Å². The monoisotopic (exact) mass is 205 g/mol. The van der Waals surface area contributed by atoms with Crippen LogP contribution in [0.4, 0.5) is 5.69 Å². The van der Waals surface area contributed by atoms with E-state index in [-0.39, 0.29) is 0 Å². The molecule has 3 nitrogen and oxygen atoms in total. The van der Waals surface area contributed by atoms with Crippen molar-refractivity contribution in [3.8, 4) is 0 Å². The smallest absolute Gasteiger partial charge is 0.0702 e. The Kier molecular flexibility index (Phi) is 3.23. The SMILES string of the molecule is Cc1ccc(N(N)N2CCCCC2)cc1. The van der Waals surface area contributed by atoms with Crippen molar-refractivity contribution in [1.29, 1.82) is 0 Å². The van der Waals surface area contributed by atoms with Gasteiger partial charge in [-0.2, -0.15) is 0 Å². The molecule has 15 heavy (non-hydrogen) atoms. The van der Waals surface area contributed by atoms with Crippen LogP contribution in [0.5, 0.6) is 0 Å². The molecule has 1 fully saturated rings. The van der Waals surface area contributed by atoms with Crippen molar-refractivity contribution in [2.24, 2.45) is 5.84 Å². The molecule has 0 spiro atoms. The molecule has 82 valence electrons. The van der Waals surface area contributed by atoms with Gasteiger partial charge in [-0.05, 0) is 31.9 Å². The lowest BCUT2D eigenvalue weighted by Gasteiger charge is -2.35. The molecule has 2 N–H and O–H groups in total. The highest BCUT2D eigenvalue weighted by Gasteiger charge is 2.15. The van der Waals surface area contributed by atoms with Gasteiger partial charge in [-0.1, -0.05) is 24.1 Å².